The second-order valence-corrected chi connectivity index (χ2v) is 7.78. The number of ether oxygens (including phenoxy) is 1. The maximum atomic E-state index is 12.8. The zero-order chi connectivity index (χ0) is 19.8. The monoisotopic (exact) mass is 423 g/mol. The van der Waals surface area contributed by atoms with Crippen molar-refractivity contribution < 1.29 is 14.3 Å². The average Bonchev–Trinajstić information content (AvgIpc) is 2.74. The largest absolute Gasteiger partial charge is 0.492 e. The lowest BCUT2D eigenvalue weighted by atomic mass is 9.93. The van der Waals surface area contributed by atoms with E-state index in [1.807, 2.05) is 11.8 Å². The van der Waals surface area contributed by atoms with Gasteiger partial charge in [-0.3, -0.25) is 9.59 Å². The van der Waals surface area contributed by atoms with E-state index in [-0.39, 0.29) is 24.2 Å². The van der Waals surface area contributed by atoms with E-state index in [0.29, 0.717) is 35.9 Å². The second kappa shape index (κ2) is 12.0. The maximum absolute atomic E-state index is 12.8. The predicted octanol–water partition coefficient (Wildman–Crippen LogP) is 3.85. The van der Waals surface area contributed by atoms with Crippen LogP contribution in [0.1, 0.15) is 62.2 Å². The van der Waals surface area contributed by atoms with Crippen LogP contribution in [-0.4, -0.2) is 49.5 Å². The zero-order valence-corrected chi connectivity index (χ0v) is 18.2. The molecule has 0 aromatic heterocycles. The first kappa shape index (κ1) is 23.5. The van der Waals surface area contributed by atoms with Gasteiger partial charge in [-0.05, 0) is 82.7 Å². The molecule has 162 valence electrons. The van der Waals surface area contributed by atoms with Crippen LogP contribution in [0.5, 0.6) is 5.75 Å². The molecule has 2 aliphatic heterocycles. The fraction of sp³-hybridized carbons (Fsp3) is 0.636. The highest BCUT2D eigenvalue weighted by atomic mass is 35.5. The molecule has 0 spiro atoms. The molecule has 0 aliphatic carbocycles. The molecule has 2 saturated heterocycles. The van der Waals surface area contributed by atoms with E-state index in [1.165, 1.54) is 6.42 Å². The molecule has 7 heteroatoms. The molecular weight excluding hydrogens is 390 g/mol. The van der Waals surface area contributed by atoms with E-state index in [2.05, 4.69) is 10.6 Å². The lowest BCUT2D eigenvalue weighted by Gasteiger charge is -2.27. The number of carbonyl (C=O) groups excluding carboxylic acids is 2. The van der Waals surface area contributed by atoms with Crippen LogP contribution in [0.2, 0.25) is 0 Å². The molecule has 6 nitrogen and oxygen atoms in total. The Morgan fingerprint density at radius 3 is 2.59 bits per heavy atom. The molecule has 1 aromatic carbocycles. The summed E-state index contributed by atoms with van der Waals surface area (Å²) in [5.74, 6) is 1.26. The van der Waals surface area contributed by atoms with Gasteiger partial charge in [0.1, 0.15) is 5.75 Å². The average molecular weight is 424 g/mol. The Kier molecular flexibility index (Phi) is 9.74. The molecule has 2 N–H and O–H groups in total. The molecular formula is C22H34ClN3O3. The van der Waals surface area contributed by atoms with Gasteiger partial charge in [-0.15, -0.1) is 12.4 Å². The lowest BCUT2D eigenvalue weighted by molar-refractivity contribution is -0.116. The summed E-state index contributed by atoms with van der Waals surface area (Å²) in [6.45, 7) is 6.13. The lowest BCUT2D eigenvalue weighted by Crippen LogP contribution is -2.35. The van der Waals surface area contributed by atoms with Crippen molar-refractivity contribution >= 4 is 29.9 Å². The van der Waals surface area contributed by atoms with Gasteiger partial charge < -0.3 is 20.3 Å². The Morgan fingerprint density at radius 1 is 1.17 bits per heavy atom. The van der Waals surface area contributed by atoms with Crippen LogP contribution >= 0.6 is 12.4 Å². The van der Waals surface area contributed by atoms with Gasteiger partial charge in [0.2, 0.25) is 5.91 Å². The summed E-state index contributed by atoms with van der Waals surface area (Å²) in [5.41, 5.74) is 1.21. The summed E-state index contributed by atoms with van der Waals surface area (Å²) in [6, 6.07) is 5.36. The quantitative estimate of drug-likeness (QED) is 0.698. The van der Waals surface area contributed by atoms with Crippen molar-refractivity contribution in [1.82, 2.24) is 10.2 Å². The van der Waals surface area contributed by atoms with Gasteiger partial charge in [-0.1, -0.05) is 0 Å². The fourth-order valence-electron chi connectivity index (χ4n) is 4.04. The molecule has 2 heterocycles. The van der Waals surface area contributed by atoms with Crippen molar-refractivity contribution in [3.8, 4) is 5.75 Å². The maximum Gasteiger partial charge on any atom is 0.253 e. The van der Waals surface area contributed by atoms with E-state index in [0.717, 1.165) is 58.3 Å². The van der Waals surface area contributed by atoms with E-state index >= 15 is 0 Å². The zero-order valence-electron chi connectivity index (χ0n) is 17.4. The Labute approximate surface area is 180 Å². The van der Waals surface area contributed by atoms with Gasteiger partial charge in [0.25, 0.3) is 5.91 Å². The minimum absolute atomic E-state index is 0. The predicted molar refractivity (Wildman–Crippen MR) is 118 cm³/mol. The van der Waals surface area contributed by atoms with Crippen LogP contribution in [0.25, 0.3) is 0 Å². The molecule has 0 bridgehead atoms. The highest BCUT2D eigenvalue weighted by molar-refractivity contribution is 5.98. The van der Waals surface area contributed by atoms with E-state index in [9.17, 15) is 9.59 Å². The summed E-state index contributed by atoms with van der Waals surface area (Å²) in [6.07, 6.45) is 6.98. The van der Waals surface area contributed by atoms with E-state index in [4.69, 9.17) is 4.74 Å². The topological polar surface area (TPSA) is 70.7 Å². The van der Waals surface area contributed by atoms with Crippen LogP contribution in [-0.2, 0) is 4.79 Å². The number of hydrogen-bond acceptors (Lipinski definition) is 4. The van der Waals surface area contributed by atoms with Crippen LogP contribution < -0.4 is 15.4 Å². The summed E-state index contributed by atoms with van der Waals surface area (Å²) in [5, 5.41) is 6.34. The van der Waals surface area contributed by atoms with Crippen molar-refractivity contribution in [1.29, 1.82) is 0 Å². The van der Waals surface area contributed by atoms with Crippen LogP contribution in [0.3, 0.4) is 0 Å². The van der Waals surface area contributed by atoms with Crippen LogP contribution in [0.15, 0.2) is 18.2 Å². The number of hydrogen-bond donors (Lipinski definition) is 2. The first-order valence-electron chi connectivity index (χ1n) is 10.7. The molecule has 0 radical (unpaired) electrons. The minimum Gasteiger partial charge on any atom is -0.492 e. The molecule has 3 rings (SSSR count). The summed E-state index contributed by atoms with van der Waals surface area (Å²) >= 11 is 0. The Hall–Kier alpha value is -1.79. The van der Waals surface area contributed by atoms with Gasteiger partial charge in [-0.2, -0.15) is 0 Å². The molecule has 2 amide bonds. The number of anilines is 1. The number of rotatable bonds is 7. The van der Waals surface area contributed by atoms with Gasteiger partial charge >= 0.3 is 0 Å². The minimum atomic E-state index is -0.0120. The summed E-state index contributed by atoms with van der Waals surface area (Å²) < 4.78 is 5.66. The SMILES string of the molecule is CCOc1ccc(C(=O)N2CCCCC2)cc1NC(=O)CCC1CCNCC1.Cl. The number of likely N-dealkylation sites (tertiary alicyclic amines) is 1. The number of amides is 2. The highest BCUT2D eigenvalue weighted by Gasteiger charge is 2.20. The highest BCUT2D eigenvalue weighted by Crippen LogP contribution is 2.28. The van der Waals surface area contributed by atoms with Crippen molar-refractivity contribution in [2.75, 3.05) is 38.1 Å². The van der Waals surface area contributed by atoms with Crippen LogP contribution in [0.4, 0.5) is 5.69 Å². The molecule has 0 atom stereocenters. The van der Waals surface area contributed by atoms with E-state index in [1.54, 1.807) is 18.2 Å². The first-order valence-corrected chi connectivity index (χ1v) is 10.7. The molecule has 29 heavy (non-hydrogen) atoms. The van der Waals surface area contributed by atoms with E-state index < -0.39 is 0 Å². The number of benzene rings is 1. The number of carbonyl (C=O) groups is 2. The second-order valence-electron chi connectivity index (χ2n) is 7.78. The summed E-state index contributed by atoms with van der Waals surface area (Å²) in [7, 11) is 0. The Morgan fingerprint density at radius 2 is 1.90 bits per heavy atom. The Balaban J connectivity index is 0.00000300. The van der Waals surface area contributed by atoms with Gasteiger partial charge in [0, 0.05) is 25.1 Å². The van der Waals surface area contributed by atoms with Crippen molar-refractivity contribution in [2.24, 2.45) is 5.92 Å². The number of nitrogens with one attached hydrogen (secondary N) is 2. The van der Waals surface area contributed by atoms with Crippen LogP contribution in [0, 0.1) is 5.92 Å². The van der Waals surface area contributed by atoms with Gasteiger partial charge in [-0.25, -0.2) is 0 Å². The molecule has 1 aromatic rings. The smallest absolute Gasteiger partial charge is 0.253 e. The van der Waals surface area contributed by atoms with Crippen molar-refractivity contribution in [2.45, 2.75) is 51.9 Å². The van der Waals surface area contributed by atoms with Crippen molar-refractivity contribution in [3.05, 3.63) is 23.8 Å². The molecule has 2 fully saturated rings. The normalized spacial score (nSPS) is 17.3. The Bertz CT molecular complexity index is 671. The third-order valence-corrected chi connectivity index (χ3v) is 5.68. The fourth-order valence-corrected chi connectivity index (χ4v) is 4.04. The number of nitrogens with zero attached hydrogens (tertiary/aromatic N) is 1. The first-order chi connectivity index (χ1) is 13.7. The summed E-state index contributed by atoms with van der Waals surface area (Å²) in [4.78, 5) is 27.2. The molecule has 0 unspecified atom stereocenters. The third-order valence-electron chi connectivity index (χ3n) is 5.68. The standard InChI is InChI=1S/C22H33N3O3.ClH/c1-2-28-20-8-7-18(22(27)25-14-4-3-5-15-25)16-19(20)24-21(26)9-6-17-10-12-23-13-11-17;/h7-8,16-17,23H,2-6,9-15H2,1H3,(H,24,26);1H. The molecule has 0 saturated carbocycles. The van der Waals surface area contributed by atoms with Gasteiger partial charge in [0.15, 0.2) is 0 Å². The molecule has 2 aliphatic rings. The van der Waals surface area contributed by atoms with Gasteiger partial charge in [0.05, 0.1) is 12.3 Å². The van der Waals surface area contributed by atoms with Crippen molar-refractivity contribution in [3.63, 3.8) is 0 Å². The number of piperidine rings is 2. The third kappa shape index (κ3) is 6.89. The number of halogens is 1.